The zero-order valence-corrected chi connectivity index (χ0v) is 12.0. The first-order chi connectivity index (χ1) is 8.81. The average molecular weight is 324 g/mol. The van der Waals surface area contributed by atoms with Gasteiger partial charge in [-0.25, -0.2) is 13.2 Å². The molecule has 1 aliphatic rings. The molecule has 1 fully saturated rings. The van der Waals surface area contributed by atoms with Crippen molar-refractivity contribution in [2.75, 3.05) is 6.54 Å². The van der Waals surface area contributed by atoms with Crippen molar-refractivity contribution < 1.29 is 18.3 Å². The number of alkyl halides is 2. The number of hydrogen-bond donors (Lipinski definition) is 1. The van der Waals surface area contributed by atoms with Crippen molar-refractivity contribution in [3.8, 4) is 0 Å². The molecule has 104 valence electrons. The van der Waals surface area contributed by atoms with Gasteiger partial charge in [0.25, 0.3) is 0 Å². The molecule has 1 unspecified atom stereocenters. The third-order valence-corrected chi connectivity index (χ3v) is 6.29. The molecule has 1 aromatic carbocycles. The van der Waals surface area contributed by atoms with Crippen molar-refractivity contribution in [2.24, 2.45) is 0 Å². The molecule has 2 atom stereocenters. The van der Waals surface area contributed by atoms with E-state index in [1.165, 1.54) is 12.1 Å². The van der Waals surface area contributed by atoms with Gasteiger partial charge in [0, 0.05) is 6.54 Å². The number of carboxylic acid groups (broad SMARTS) is 1. The van der Waals surface area contributed by atoms with Crippen LogP contribution >= 0.6 is 23.2 Å². The van der Waals surface area contributed by atoms with E-state index < -0.39 is 26.4 Å². The smallest absolute Gasteiger partial charge is 0.342 e. The van der Waals surface area contributed by atoms with Crippen LogP contribution in [0.4, 0.5) is 0 Å². The molecule has 8 heteroatoms. The van der Waals surface area contributed by atoms with Gasteiger partial charge < -0.3 is 5.11 Å². The number of carbonyl (C=O) groups is 1. The molecule has 1 heterocycles. The highest BCUT2D eigenvalue weighted by atomic mass is 35.5. The number of halogens is 2. The highest BCUT2D eigenvalue weighted by Gasteiger charge is 2.58. The minimum absolute atomic E-state index is 0.00737. The molecule has 1 aliphatic heterocycles. The zero-order valence-electron chi connectivity index (χ0n) is 9.66. The minimum atomic E-state index is -3.99. The van der Waals surface area contributed by atoms with Crippen LogP contribution in [0, 0.1) is 0 Å². The molecule has 1 aromatic rings. The van der Waals surface area contributed by atoms with Crippen molar-refractivity contribution in [2.45, 2.75) is 21.7 Å². The van der Waals surface area contributed by atoms with Gasteiger partial charge in [-0.3, -0.25) is 0 Å². The number of benzene rings is 1. The monoisotopic (exact) mass is 323 g/mol. The fourth-order valence-electron chi connectivity index (χ4n) is 2.00. The first-order valence-corrected chi connectivity index (χ1v) is 7.71. The maximum absolute atomic E-state index is 12.4. The highest BCUT2D eigenvalue weighted by Crippen LogP contribution is 2.41. The van der Waals surface area contributed by atoms with E-state index >= 15 is 0 Å². The van der Waals surface area contributed by atoms with Gasteiger partial charge in [-0.2, -0.15) is 4.31 Å². The fraction of sp³-hybridized carbons (Fsp3) is 0.364. The maximum Gasteiger partial charge on any atom is 0.342 e. The van der Waals surface area contributed by atoms with E-state index in [9.17, 15) is 18.3 Å². The van der Waals surface area contributed by atoms with Crippen molar-refractivity contribution in [1.82, 2.24) is 4.31 Å². The van der Waals surface area contributed by atoms with Gasteiger partial charge in [-0.1, -0.05) is 29.8 Å². The Labute approximate surface area is 120 Å². The Bertz CT molecular complexity index is 592. The molecule has 2 rings (SSSR count). The summed E-state index contributed by atoms with van der Waals surface area (Å²) in [5, 5.41) is 8.22. The van der Waals surface area contributed by atoms with Gasteiger partial charge in [0.1, 0.15) is 0 Å². The molecule has 0 saturated carbocycles. The van der Waals surface area contributed by atoms with Crippen LogP contribution in [-0.2, 0) is 14.8 Å². The highest BCUT2D eigenvalue weighted by molar-refractivity contribution is 7.89. The molecule has 0 bridgehead atoms. The summed E-state index contributed by atoms with van der Waals surface area (Å²) < 4.78 is 25.6. The van der Waals surface area contributed by atoms with E-state index in [1.807, 2.05) is 0 Å². The first-order valence-electron chi connectivity index (χ1n) is 5.45. The molecule has 1 N–H and O–H groups in total. The second-order valence-corrected chi connectivity index (χ2v) is 7.09. The quantitative estimate of drug-likeness (QED) is 0.678. The van der Waals surface area contributed by atoms with E-state index in [0.717, 1.165) is 4.31 Å². The SMILES string of the molecule is O=C(O)[C@]1(Cl)C(Cl)CCN1S(=O)(=O)c1ccccc1. The second-order valence-electron chi connectivity index (χ2n) is 4.12. The zero-order chi connectivity index (χ0) is 14.3. The summed E-state index contributed by atoms with van der Waals surface area (Å²) >= 11 is 11.9. The third kappa shape index (κ3) is 2.23. The summed E-state index contributed by atoms with van der Waals surface area (Å²) in [7, 11) is -3.99. The number of aliphatic carboxylic acids is 1. The standard InChI is InChI=1S/C11H11Cl2NO4S/c12-9-6-7-14(11(9,13)10(15)16)19(17,18)8-4-2-1-3-5-8/h1-5,9H,6-7H2,(H,15,16)/t9?,11-/m0/s1. The average Bonchev–Trinajstić information content (AvgIpc) is 2.69. The predicted molar refractivity (Wildman–Crippen MR) is 70.8 cm³/mol. The molecule has 0 amide bonds. The molecule has 0 aromatic heterocycles. The Balaban J connectivity index is 2.50. The van der Waals surface area contributed by atoms with Gasteiger partial charge >= 0.3 is 5.97 Å². The third-order valence-electron chi connectivity index (χ3n) is 2.99. The van der Waals surface area contributed by atoms with Gasteiger partial charge in [0.2, 0.25) is 15.0 Å². The molecule has 0 aliphatic carbocycles. The van der Waals surface area contributed by atoms with Crippen molar-refractivity contribution in [3.63, 3.8) is 0 Å². The first kappa shape index (κ1) is 14.6. The van der Waals surface area contributed by atoms with E-state index in [-0.39, 0.29) is 17.9 Å². The lowest BCUT2D eigenvalue weighted by molar-refractivity contribution is -0.142. The molecular formula is C11H11Cl2NO4S. The van der Waals surface area contributed by atoms with Crippen molar-refractivity contribution >= 4 is 39.2 Å². The largest absolute Gasteiger partial charge is 0.479 e. The Morgan fingerprint density at radius 1 is 1.37 bits per heavy atom. The summed E-state index contributed by atoms with van der Waals surface area (Å²) in [6, 6.07) is 7.54. The van der Waals surface area contributed by atoms with E-state index in [4.69, 9.17) is 23.2 Å². The lowest BCUT2D eigenvalue weighted by Gasteiger charge is -2.29. The van der Waals surface area contributed by atoms with Crippen LogP contribution in [-0.4, -0.2) is 40.7 Å². The molecule has 0 spiro atoms. The van der Waals surface area contributed by atoms with Crippen LogP contribution in [0.2, 0.25) is 0 Å². The minimum Gasteiger partial charge on any atom is -0.479 e. The van der Waals surface area contributed by atoms with Crippen LogP contribution in [0.25, 0.3) is 0 Å². The van der Waals surface area contributed by atoms with Crippen LogP contribution in [0.1, 0.15) is 6.42 Å². The Hall–Kier alpha value is -0.820. The second kappa shape index (κ2) is 4.94. The molecule has 5 nitrogen and oxygen atoms in total. The van der Waals surface area contributed by atoms with Crippen LogP contribution in [0.3, 0.4) is 0 Å². The Kier molecular flexibility index (Phi) is 3.79. The topological polar surface area (TPSA) is 74.7 Å². The molecule has 19 heavy (non-hydrogen) atoms. The van der Waals surface area contributed by atoms with Crippen molar-refractivity contribution in [3.05, 3.63) is 30.3 Å². The van der Waals surface area contributed by atoms with Crippen LogP contribution in [0.15, 0.2) is 35.2 Å². The number of sulfonamides is 1. The maximum atomic E-state index is 12.4. The van der Waals surface area contributed by atoms with Crippen molar-refractivity contribution in [1.29, 1.82) is 0 Å². The molecule has 0 radical (unpaired) electrons. The van der Waals surface area contributed by atoms with E-state index in [1.54, 1.807) is 18.2 Å². The van der Waals surface area contributed by atoms with Gasteiger partial charge in [-0.05, 0) is 18.6 Å². The number of hydrogen-bond acceptors (Lipinski definition) is 3. The van der Waals surface area contributed by atoms with Crippen LogP contribution in [0.5, 0.6) is 0 Å². The van der Waals surface area contributed by atoms with Crippen LogP contribution < -0.4 is 0 Å². The van der Waals surface area contributed by atoms with Gasteiger partial charge in [0.05, 0.1) is 10.3 Å². The van der Waals surface area contributed by atoms with Gasteiger partial charge in [-0.15, -0.1) is 11.6 Å². The summed E-state index contributed by atoms with van der Waals surface area (Å²) in [4.78, 5) is 9.15. The lowest BCUT2D eigenvalue weighted by atomic mass is 10.2. The van der Waals surface area contributed by atoms with E-state index in [0.29, 0.717) is 0 Å². The summed E-state index contributed by atoms with van der Waals surface area (Å²) in [6.45, 7) is -0.0266. The van der Waals surface area contributed by atoms with Gasteiger partial charge in [0.15, 0.2) is 0 Å². The predicted octanol–water partition coefficient (Wildman–Crippen LogP) is 1.71. The lowest BCUT2D eigenvalue weighted by Crippen LogP contribution is -2.52. The fourth-order valence-corrected chi connectivity index (χ4v) is 4.49. The summed E-state index contributed by atoms with van der Waals surface area (Å²) in [6.07, 6.45) is 0.184. The number of carboxylic acids is 1. The summed E-state index contributed by atoms with van der Waals surface area (Å²) in [5.41, 5.74) is 0. The molecule has 1 saturated heterocycles. The Morgan fingerprint density at radius 3 is 2.47 bits per heavy atom. The van der Waals surface area contributed by atoms with E-state index in [2.05, 4.69) is 0 Å². The normalized spacial score (nSPS) is 28.4. The molecular weight excluding hydrogens is 313 g/mol. The Morgan fingerprint density at radius 2 is 1.95 bits per heavy atom. The summed E-state index contributed by atoms with van der Waals surface area (Å²) in [5.74, 6) is -1.47. The number of nitrogens with zero attached hydrogens (tertiary/aromatic N) is 1. The number of rotatable bonds is 3.